The van der Waals surface area contributed by atoms with Gasteiger partial charge in [0.25, 0.3) is 0 Å². The zero-order valence-electron chi connectivity index (χ0n) is 22.1. The summed E-state index contributed by atoms with van der Waals surface area (Å²) in [6.45, 7) is 3.39. The summed E-state index contributed by atoms with van der Waals surface area (Å²) in [6, 6.07) is 13.0. The number of piperidine rings is 1. The van der Waals surface area contributed by atoms with E-state index in [0.29, 0.717) is 12.5 Å². The zero-order valence-corrected chi connectivity index (χ0v) is 22.1. The summed E-state index contributed by atoms with van der Waals surface area (Å²) in [6.07, 6.45) is 15.3. The SMILES string of the molecule is OC1CCN(Cc2cncc(-c3ccc4n[nH]c(CNc5ccc(C6CCCCCC6)nc5)c4c3)c2)CC1. The quantitative estimate of drug-likeness (QED) is 0.263. The number of aromatic nitrogens is 4. The number of rotatable bonds is 7. The number of nitrogens with zero attached hydrogens (tertiary/aromatic N) is 4. The molecule has 0 atom stereocenters. The molecule has 2 aliphatic rings. The lowest BCUT2D eigenvalue weighted by molar-refractivity contribution is 0.0792. The van der Waals surface area contributed by atoms with Crippen molar-refractivity contribution in [3.63, 3.8) is 0 Å². The molecule has 1 saturated carbocycles. The van der Waals surface area contributed by atoms with E-state index >= 15 is 0 Å². The maximum absolute atomic E-state index is 9.79. The van der Waals surface area contributed by atoms with Crippen LogP contribution in [0.1, 0.15) is 74.2 Å². The molecule has 2 fully saturated rings. The average Bonchev–Trinajstić information content (AvgIpc) is 3.16. The first-order valence-electron chi connectivity index (χ1n) is 14.2. The van der Waals surface area contributed by atoms with E-state index in [-0.39, 0.29) is 6.10 Å². The molecule has 0 amide bonds. The second kappa shape index (κ2) is 11.6. The Balaban J connectivity index is 1.13. The fourth-order valence-electron chi connectivity index (χ4n) is 5.96. The highest BCUT2D eigenvalue weighted by Crippen LogP contribution is 2.31. The van der Waals surface area contributed by atoms with Gasteiger partial charge in [-0.15, -0.1) is 0 Å². The minimum absolute atomic E-state index is 0.150. The number of fused-ring (bicyclic) bond motifs is 1. The van der Waals surface area contributed by atoms with Crippen molar-refractivity contribution in [1.29, 1.82) is 0 Å². The molecule has 4 heterocycles. The number of aliphatic hydroxyl groups is 1. The third kappa shape index (κ3) is 5.89. The summed E-state index contributed by atoms with van der Waals surface area (Å²) < 4.78 is 0. The second-order valence-electron chi connectivity index (χ2n) is 11.0. The van der Waals surface area contributed by atoms with Gasteiger partial charge in [0.1, 0.15) is 0 Å². The van der Waals surface area contributed by atoms with E-state index in [9.17, 15) is 5.11 Å². The van der Waals surface area contributed by atoms with E-state index in [0.717, 1.165) is 65.9 Å². The van der Waals surface area contributed by atoms with E-state index in [1.165, 1.54) is 49.8 Å². The number of likely N-dealkylation sites (tertiary alicyclic amines) is 1. The molecule has 7 nitrogen and oxygen atoms in total. The number of aliphatic hydroxyl groups excluding tert-OH is 1. The molecule has 1 aliphatic carbocycles. The Bertz CT molecular complexity index is 1330. The van der Waals surface area contributed by atoms with Crippen molar-refractivity contribution in [3.05, 3.63) is 71.9 Å². The molecule has 38 heavy (non-hydrogen) atoms. The number of pyridine rings is 2. The van der Waals surface area contributed by atoms with Gasteiger partial charge in [0.15, 0.2) is 0 Å². The van der Waals surface area contributed by atoms with Crippen LogP contribution < -0.4 is 5.32 Å². The lowest BCUT2D eigenvalue weighted by Crippen LogP contribution is -2.35. The van der Waals surface area contributed by atoms with Crippen molar-refractivity contribution in [2.45, 2.75) is 76.5 Å². The van der Waals surface area contributed by atoms with Gasteiger partial charge >= 0.3 is 0 Å². The number of H-pyrrole nitrogens is 1. The Kier molecular flexibility index (Phi) is 7.65. The molecule has 7 heteroatoms. The number of nitrogens with one attached hydrogen (secondary N) is 2. The van der Waals surface area contributed by atoms with Crippen LogP contribution in [0.2, 0.25) is 0 Å². The van der Waals surface area contributed by atoms with Gasteiger partial charge in [-0.2, -0.15) is 5.10 Å². The van der Waals surface area contributed by atoms with Crippen LogP contribution in [0.25, 0.3) is 22.0 Å². The monoisotopic (exact) mass is 510 g/mol. The van der Waals surface area contributed by atoms with Gasteiger partial charge in [0.05, 0.1) is 35.7 Å². The van der Waals surface area contributed by atoms with Crippen LogP contribution in [0.4, 0.5) is 5.69 Å². The first-order chi connectivity index (χ1) is 18.7. The highest BCUT2D eigenvalue weighted by atomic mass is 16.3. The van der Waals surface area contributed by atoms with Gasteiger partial charge in [0, 0.05) is 54.6 Å². The van der Waals surface area contributed by atoms with Crippen LogP contribution in [0.3, 0.4) is 0 Å². The van der Waals surface area contributed by atoms with Crippen LogP contribution in [-0.4, -0.2) is 49.4 Å². The molecule has 3 aromatic heterocycles. The molecule has 6 rings (SSSR count). The fraction of sp³-hybridized carbons (Fsp3) is 0.452. The van der Waals surface area contributed by atoms with E-state index < -0.39 is 0 Å². The fourth-order valence-corrected chi connectivity index (χ4v) is 5.96. The lowest BCUT2D eigenvalue weighted by Gasteiger charge is -2.29. The summed E-state index contributed by atoms with van der Waals surface area (Å²) in [5.74, 6) is 0.613. The van der Waals surface area contributed by atoms with Crippen LogP contribution in [0.15, 0.2) is 55.0 Å². The van der Waals surface area contributed by atoms with Gasteiger partial charge in [-0.25, -0.2) is 0 Å². The highest BCUT2D eigenvalue weighted by Gasteiger charge is 2.18. The van der Waals surface area contributed by atoms with Crippen LogP contribution in [0.5, 0.6) is 0 Å². The maximum Gasteiger partial charge on any atom is 0.0924 e. The molecule has 0 bridgehead atoms. The molecule has 0 spiro atoms. The average molecular weight is 511 g/mol. The molecule has 0 radical (unpaired) electrons. The first kappa shape index (κ1) is 25.0. The van der Waals surface area contributed by atoms with E-state index in [2.05, 4.69) is 61.8 Å². The Morgan fingerprint density at radius 1 is 0.895 bits per heavy atom. The molecule has 198 valence electrons. The number of hydrogen-bond acceptors (Lipinski definition) is 6. The van der Waals surface area contributed by atoms with E-state index in [1.54, 1.807) is 0 Å². The molecule has 1 saturated heterocycles. The summed E-state index contributed by atoms with van der Waals surface area (Å²) in [5.41, 5.74) is 7.74. The third-order valence-corrected chi connectivity index (χ3v) is 8.25. The maximum atomic E-state index is 9.79. The minimum atomic E-state index is -0.150. The van der Waals surface area contributed by atoms with Crippen molar-refractivity contribution >= 4 is 16.6 Å². The van der Waals surface area contributed by atoms with Crippen molar-refractivity contribution in [2.24, 2.45) is 0 Å². The molecule has 4 aromatic rings. The van der Waals surface area contributed by atoms with E-state index in [1.807, 2.05) is 18.6 Å². The molecule has 0 unspecified atom stereocenters. The van der Waals surface area contributed by atoms with Gasteiger partial charge in [0.2, 0.25) is 0 Å². The number of anilines is 1. The predicted octanol–water partition coefficient (Wildman–Crippen LogP) is 6.03. The number of hydrogen-bond donors (Lipinski definition) is 3. The second-order valence-corrected chi connectivity index (χ2v) is 11.0. The standard InChI is InChI=1S/C31H38N6O/c38-27-11-13-37(14-12-27)21-22-15-25(18-32-17-22)24-7-9-30-28(16-24)31(36-35-30)20-33-26-8-10-29(34-19-26)23-5-3-1-2-4-6-23/h7-10,15-19,23,27,33,38H,1-6,11-14,20-21H2,(H,35,36). The molecular formula is C31H38N6O. The van der Waals surface area contributed by atoms with Crippen molar-refractivity contribution < 1.29 is 5.11 Å². The van der Waals surface area contributed by atoms with Crippen molar-refractivity contribution in [2.75, 3.05) is 18.4 Å². The smallest absolute Gasteiger partial charge is 0.0924 e. The highest BCUT2D eigenvalue weighted by molar-refractivity contribution is 5.86. The first-order valence-corrected chi connectivity index (χ1v) is 14.2. The normalized spacial score (nSPS) is 18.0. The van der Waals surface area contributed by atoms with Crippen LogP contribution in [-0.2, 0) is 13.1 Å². The zero-order chi connectivity index (χ0) is 25.7. The Morgan fingerprint density at radius 2 is 1.74 bits per heavy atom. The largest absolute Gasteiger partial charge is 0.393 e. The van der Waals surface area contributed by atoms with Gasteiger partial charge in [-0.3, -0.25) is 20.0 Å². The molecule has 1 aliphatic heterocycles. The number of aromatic amines is 1. The van der Waals surface area contributed by atoms with Crippen LogP contribution >= 0.6 is 0 Å². The van der Waals surface area contributed by atoms with Gasteiger partial charge in [-0.1, -0.05) is 31.7 Å². The number of benzene rings is 1. The third-order valence-electron chi connectivity index (χ3n) is 8.25. The Hall–Kier alpha value is -3.29. The molecule has 3 N–H and O–H groups in total. The van der Waals surface area contributed by atoms with Crippen LogP contribution in [0, 0.1) is 0 Å². The van der Waals surface area contributed by atoms with Crippen molar-refractivity contribution in [3.8, 4) is 11.1 Å². The molecule has 1 aromatic carbocycles. The summed E-state index contributed by atoms with van der Waals surface area (Å²) >= 11 is 0. The summed E-state index contributed by atoms with van der Waals surface area (Å²) in [7, 11) is 0. The topological polar surface area (TPSA) is 90.0 Å². The molecular weight excluding hydrogens is 472 g/mol. The lowest BCUT2D eigenvalue weighted by atomic mass is 9.96. The van der Waals surface area contributed by atoms with Gasteiger partial charge < -0.3 is 10.4 Å². The summed E-state index contributed by atoms with van der Waals surface area (Å²) in [4.78, 5) is 11.7. The van der Waals surface area contributed by atoms with Gasteiger partial charge in [-0.05, 0) is 67.1 Å². The summed E-state index contributed by atoms with van der Waals surface area (Å²) in [5, 5.41) is 22.2. The Morgan fingerprint density at radius 3 is 2.53 bits per heavy atom. The minimum Gasteiger partial charge on any atom is -0.393 e. The Labute approximate surface area is 224 Å². The van der Waals surface area contributed by atoms with Crippen molar-refractivity contribution in [1.82, 2.24) is 25.1 Å². The predicted molar refractivity (Wildman–Crippen MR) is 152 cm³/mol. The van der Waals surface area contributed by atoms with E-state index in [4.69, 9.17) is 4.98 Å².